The number of nitrogens with zero attached hydrogens (tertiary/aromatic N) is 1. The first-order chi connectivity index (χ1) is 11.1. The molecule has 0 fully saturated rings. The summed E-state index contributed by atoms with van der Waals surface area (Å²) < 4.78 is 5.43. The molecule has 0 spiro atoms. The van der Waals surface area contributed by atoms with E-state index >= 15 is 0 Å². The minimum Gasteiger partial charge on any atom is -0.482 e. The fraction of sp³-hybridized carbons (Fsp3) is 0.263. The molecule has 0 aromatic heterocycles. The maximum absolute atomic E-state index is 12.0. The van der Waals surface area contributed by atoms with E-state index in [9.17, 15) is 4.79 Å². The summed E-state index contributed by atoms with van der Waals surface area (Å²) in [5, 5.41) is 11.9. The van der Waals surface area contributed by atoms with Gasteiger partial charge in [0.1, 0.15) is 11.8 Å². The van der Waals surface area contributed by atoms with Crippen molar-refractivity contribution < 1.29 is 9.53 Å². The fourth-order valence-corrected chi connectivity index (χ4v) is 2.24. The third kappa shape index (κ3) is 4.58. The summed E-state index contributed by atoms with van der Waals surface area (Å²) in [4.78, 5) is 12.0. The number of carbonyl (C=O) groups excluding carboxylic acids is 1. The molecule has 1 N–H and O–H groups in total. The Kier molecular flexibility index (Phi) is 5.76. The Morgan fingerprint density at radius 1 is 1.22 bits per heavy atom. The average molecular weight is 308 g/mol. The van der Waals surface area contributed by atoms with Gasteiger partial charge < -0.3 is 10.1 Å². The number of aryl methyl sites for hydroxylation is 1. The molecule has 0 aliphatic rings. The molecule has 4 heteroatoms. The predicted octanol–water partition coefficient (Wildman–Crippen LogP) is 3.38. The Morgan fingerprint density at radius 3 is 2.57 bits per heavy atom. The van der Waals surface area contributed by atoms with E-state index in [1.807, 2.05) is 25.1 Å². The van der Waals surface area contributed by atoms with E-state index in [0.717, 1.165) is 12.0 Å². The molecule has 2 aromatic rings. The summed E-state index contributed by atoms with van der Waals surface area (Å²) in [5.74, 6) is 0.204. The number of amides is 1. The van der Waals surface area contributed by atoms with Crippen molar-refractivity contribution in [3.63, 3.8) is 0 Å². The largest absolute Gasteiger partial charge is 0.482 e. The first-order valence-electron chi connectivity index (χ1n) is 7.64. The number of ether oxygens (including phenoxy) is 1. The summed E-state index contributed by atoms with van der Waals surface area (Å²) in [6, 6.07) is 17.0. The number of nitriles is 1. The molecule has 0 bridgehead atoms. The van der Waals surface area contributed by atoms with Crippen LogP contribution in [0.3, 0.4) is 0 Å². The molecule has 0 heterocycles. The van der Waals surface area contributed by atoms with Crippen LogP contribution in [0, 0.1) is 11.3 Å². The van der Waals surface area contributed by atoms with Gasteiger partial charge >= 0.3 is 0 Å². The molecule has 0 saturated carbocycles. The topological polar surface area (TPSA) is 62.1 Å². The lowest BCUT2D eigenvalue weighted by molar-refractivity contribution is -0.123. The third-order valence-corrected chi connectivity index (χ3v) is 3.63. The standard InChI is InChI=1S/C19H20N2O2/c1-3-15-8-10-16(11-9-15)14(2)21-19(22)13-23-18-7-5-4-6-17(18)12-20/h4-11,14H,3,13H2,1-2H3,(H,21,22). The monoisotopic (exact) mass is 308 g/mol. The van der Waals surface area contributed by atoms with Gasteiger partial charge in [-0.2, -0.15) is 5.26 Å². The number of carbonyl (C=O) groups is 1. The molecule has 1 amide bonds. The van der Waals surface area contributed by atoms with Crippen molar-refractivity contribution in [3.05, 3.63) is 65.2 Å². The first-order valence-corrected chi connectivity index (χ1v) is 7.64. The highest BCUT2D eigenvalue weighted by Gasteiger charge is 2.11. The Bertz CT molecular complexity index is 702. The molecule has 0 saturated heterocycles. The molecule has 0 radical (unpaired) electrons. The van der Waals surface area contributed by atoms with E-state index in [-0.39, 0.29) is 18.6 Å². The van der Waals surface area contributed by atoms with Crippen LogP contribution < -0.4 is 10.1 Å². The van der Waals surface area contributed by atoms with Gasteiger partial charge in [0, 0.05) is 0 Å². The zero-order chi connectivity index (χ0) is 16.7. The van der Waals surface area contributed by atoms with Crippen LogP contribution in [-0.2, 0) is 11.2 Å². The van der Waals surface area contributed by atoms with Crippen LogP contribution in [0.1, 0.15) is 36.6 Å². The van der Waals surface area contributed by atoms with Crippen LogP contribution in [0.25, 0.3) is 0 Å². The maximum atomic E-state index is 12.0. The van der Waals surface area contributed by atoms with E-state index < -0.39 is 0 Å². The number of para-hydroxylation sites is 1. The Hall–Kier alpha value is -2.80. The van der Waals surface area contributed by atoms with E-state index in [1.54, 1.807) is 24.3 Å². The van der Waals surface area contributed by atoms with E-state index in [1.165, 1.54) is 5.56 Å². The zero-order valence-electron chi connectivity index (χ0n) is 13.4. The maximum Gasteiger partial charge on any atom is 0.258 e. The smallest absolute Gasteiger partial charge is 0.258 e. The van der Waals surface area contributed by atoms with E-state index in [4.69, 9.17) is 10.00 Å². The lowest BCUT2D eigenvalue weighted by Gasteiger charge is -2.15. The SMILES string of the molecule is CCc1ccc(C(C)NC(=O)COc2ccccc2C#N)cc1. The van der Waals surface area contributed by atoms with Crippen molar-refractivity contribution in [1.29, 1.82) is 5.26 Å². The van der Waals surface area contributed by atoms with Gasteiger partial charge in [0.25, 0.3) is 5.91 Å². The summed E-state index contributed by atoms with van der Waals surface area (Å²) in [6.07, 6.45) is 0.993. The Labute approximate surface area is 136 Å². The zero-order valence-corrected chi connectivity index (χ0v) is 13.4. The Morgan fingerprint density at radius 2 is 1.91 bits per heavy atom. The average Bonchev–Trinajstić information content (AvgIpc) is 2.60. The van der Waals surface area contributed by atoms with Crippen molar-refractivity contribution in [3.8, 4) is 11.8 Å². The molecule has 23 heavy (non-hydrogen) atoms. The lowest BCUT2D eigenvalue weighted by atomic mass is 10.1. The summed E-state index contributed by atoms with van der Waals surface area (Å²) in [6.45, 7) is 3.93. The first kappa shape index (κ1) is 16.6. The van der Waals surface area contributed by atoms with Gasteiger partial charge in [0.2, 0.25) is 0 Å². The molecule has 118 valence electrons. The molecule has 2 aromatic carbocycles. The molecule has 2 rings (SSSR count). The molecule has 1 atom stereocenters. The number of hydrogen-bond acceptors (Lipinski definition) is 3. The second kappa shape index (κ2) is 8.00. The van der Waals surface area contributed by atoms with Gasteiger partial charge in [-0.1, -0.05) is 43.3 Å². The molecule has 0 aliphatic heterocycles. The summed E-state index contributed by atoms with van der Waals surface area (Å²) in [7, 11) is 0. The minimum absolute atomic E-state index is 0.0942. The predicted molar refractivity (Wildman–Crippen MR) is 89.0 cm³/mol. The summed E-state index contributed by atoms with van der Waals surface area (Å²) >= 11 is 0. The van der Waals surface area contributed by atoms with E-state index in [2.05, 4.69) is 24.4 Å². The number of nitrogens with one attached hydrogen (secondary N) is 1. The fourth-order valence-electron chi connectivity index (χ4n) is 2.24. The highest BCUT2D eigenvalue weighted by molar-refractivity contribution is 5.78. The normalized spacial score (nSPS) is 11.3. The highest BCUT2D eigenvalue weighted by atomic mass is 16.5. The van der Waals surface area contributed by atoms with Crippen molar-refractivity contribution in [2.45, 2.75) is 26.3 Å². The van der Waals surface area contributed by atoms with Gasteiger partial charge in [0.05, 0.1) is 11.6 Å². The number of rotatable bonds is 6. The van der Waals surface area contributed by atoms with Crippen molar-refractivity contribution in [2.75, 3.05) is 6.61 Å². The molecule has 0 aliphatic carbocycles. The van der Waals surface area contributed by atoms with Crippen LogP contribution in [0.5, 0.6) is 5.75 Å². The second-order valence-corrected chi connectivity index (χ2v) is 5.28. The number of hydrogen-bond donors (Lipinski definition) is 1. The van der Waals surface area contributed by atoms with Crippen LogP contribution in [0.4, 0.5) is 0 Å². The van der Waals surface area contributed by atoms with Crippen molar-refractivity contribution in [1.82, 2.24) is 5.32 Å². The Balaban J connectivity index is 1.90. The van der Waals surface area contributed by atoms with Crippen LogP contribution in [0.2, 0.25) is 0 Å². The van der Waals surface area contributed by atoms with E-state index in [0.29, 0.717) is 11.3 Å². The molecular weight excluding hydrogens is 288 g/mol. The van der Waals surface area contributed by atoms with Crippen LogP contribution in [0.15, 0.2) is 48.5 Å². The van der Waals surface area contributed by atoms with Gasteiger partial charge in [-0.25, -0.2) is 0 Å². The highest BCUT2D eigenvalue weighted by Crippen LogP contribution is 2.17. The quantitative estimate of drug-likeness (QED) is 0.890. The van der Waals surface area contributed by atoms with Crippen molar-refractivity contribution >= 4 is 5.91 Å². The van der Waals surface area contributed by atoms with Gasteiger partial charge in [0.15, 0.2) is 6.61 Å². The van der Waals surface area contributed by atoms with Crippen molar-refractivity contribution in [2.24, 2.45) is 0 Å². The molecular formula is C19H20N2O2. The van der Waals surface area contributed by atoms with Gasteiger partial charge in [-0.3, -0.25) is 4.79 Å². The summed E-state index contributed by atoms with van der Waals surface area (Å²) in [5.41, 5.74) is 2.74. The molecule has 1 unspecified atom stereocenters. The van der Waals surface area contributed by atoms with Crippen LogP contribution >= 0.6 is 0 Å². The molecule has 4 nitrogen and oxygen atoms in total. The lowest BCUT2D eigenvalue weighted by Crippen LogP contribution is -2.31. The second-order valence-electron chi connectivity index (χ2n) is 5.28. The van der Waals surface area contributed by atoms with Gasteiger partial charge in [-0.05, 0) is 36.6 Å². The van der Waals surface area contributed by atoms with Gasteiger partial charge in [-0.15, -0.1) is 0 Å². The number of benzene rings is 2. The third-order valence-electron chi connectivity index (χ3n) is 3.63. The van der Waals surface area contributed by atoms with Crippen LogP contribution in [-0.4, -0.2) is 12.5 Å². The minimum atomic E-state index is -0.218.